The van der Waals surface area contributed by atoms with E-state index in [1.54, 1.807) is 0 Å². The van der Waals surface area contributed by atoms with Crippen LogP contribution in [0.1, 0.15) is 0 Å². The summed E-state index contributed by atoms with van der Waals surface area (Å²) in [6.45, 7) is 0. The van der Waals surface area contributed by atoms with Gasteiger partial charge in [-0.3, -0.25) is 4.98 Å². The summed E-state index contributed by atoms with van der Waals surface area (Å²) in [6, 6.07) is 27.7. The summed E-state index contributed by atoms with van der Waals surface area (Å²) in [5, 5.41) is 3.69. The van der Waals surface area contributed by atoms with Crippen molar-refractivity contribution in [2.45, 2.75) is 0 Å². The Balaban J connectivity index is 1.85. The molecule has 0 saturated carbocycles. The van der Waals surface area contributed by atoms with Crippen molar-refractivity contribution in [3.05, 3.63) is 85.1 Å². The van der Waals surface area contributed by atoms with E-state index in [4.69, 9.17) is 0 Å². The molecule has 0 radical (unpaired) electrons. The zero-order valence-corrected chi connectivity index (χ0v) is 14.0. The van der Waals surface area contributed by atoms with Crippen molar-refractivity contribution in [2.75, 3.05) is 0 Å². The Kier molecular flexibility index (Phi) is 2.61. The zero-order valence-electron chi connectivity index (χ0n) is 14.0. The molecule has 0 aliphatic rings. The van der Waals surface area contributed by atoms with Gasteiger partial charge in [-0.15, -0.1) is 0 Å². The van der Waals surface area contributed by atoms with E-state index in [0.717, 1.165) is 16.6 Å². The molecule has 3 heteroatoms. The Morgan fingerprint density at radius 2 is 1.50 bits per heavy atom. The molecule has 0 atom stereocenters. The second-order valence-electron chi connectivity index (χ2n) is 6.63. The van der Waals surface area contributed by atoms with Gasteiger partial charge >= 0.3 is 0 Å². The number of aromatic nitrogens is 3. The molecule has 0 saturated heterocycles. The molecule has 0 unspecified atom stereocenters. The summed E-state index contributed by atoms with van der Waals surface area (Å²) in [7, 11) is 0. The summed E-state index contributed by atoms with van der Waals surface area (Å²) in [4.78, 5) is 8.10. The average Bonchev–Trinajstić information content (AvgIpc) is 3.22. The Morgan fingerprint density at radius 3 is 2.42 bits per heavy atom. The van der Waals surface area contributed by atoms with E-state index in [9.17, 15) is 0 Å². The number of pyridine rings is 1. The Hall–Kier alpha value is -3.59. The lowest BCUT2D eigenvalue weighted by molar-refractivity contribution is 1.18. The van der Waals surface area contributed by atoms with Gasteiger partial charge in [-0.05, 0) is 42.5 Å². The van der Waals surface area contributed by atoms with Gasteiger partial charge in [-0.2, -0.15) is 0 Å². The Bertz CT molecular complexity index is 1420. The molecule has 122 valence electrons. The van der Waals surface area contributed by atoms with Gasteiger partial charge in [0, 0.05) is 28.0 Å². The van der Waals surface area contributed by atoms with Crippen LogP contribution in [0, 0.1) is 0 Å². The summed E-state index contributed by atoms with van der Waals surface area (Å²) < 4.78 is 2.34. The van der Waals surface area contributed by atoms with Crippen molar-refractivity contribution in [3.63, 3.8) is 0 Å². The molecule has 6 rings (SSSR count). The molecule has 3 aromatic carbocycles. The largest absolute Gasteiger partial charge is 0.353 e. The lowest BCUT2D eigenvalue weighted by Crippen LogP contribution is -1.92. The van der Waals surface area contributed by atoms with E-state index >= 15 is 0 Å². The number of H-pyrrole nitrogens is 1. The molecule has 26 heavy (non-hydrogen) atoms. The summed E-state index contributed by atoms with van der Waals surface area (Å²) in [6.07, 6.45) is 1.85. The van der Waals surface area contributed by atoms with Crippen LogP contribution in [0.2, 0.25) is 0 Å². The second kappa shape index (κ2) is 4.96. The number of aromatic amines is 1. The van der Waals surface area contributed by atoms with Gasteiger partial charge in [0.05, 0.1) is 27.6 Å². The van der Waals surface area contributed by atoms with Gasteiger partial charge in [0.1, 0.15) is 0 Å². The fourth-order valence-electron chi connectivity index (χ4n) is 4.04. The molecule has 0 aliphatic carbocycles. The van der Waals surface area contributed by atoms with Crippen molar-refractivity contribution in [2.24, 2.45) is 0 Å². The van der Waals surface area contributed by atoms with E-state index in [1.807, 2.05) is 12.3 Å². The molecule has 1 N–H and O–H groups in total. The number of benzene rings is 3. The van der Waals surface area contributed by atoms with Crippen LogP contribution in [0.3, 0.4) is 0 Å². The van der Waals surface area contributed by atoms with Crippen molar-refractivity contribution in [1.29, 1.82) is 0 Å². The normalized spacial score (nSPS) is 11.8. The third-order valence-electron chi connectivity index (χ3n) is 5.16. The second-order valence-corrected chi connectivity index (χ2v) is 6.63. The predicted molar refractivity (Wildman–Crippen MR) is 108 cm³/mol. The maximum absolute atomic E-state index is 4.58. The minimum absolute atomic E-state index is 1.03. The minimum Gasteiger partial charge on any atom is -0.353 e. The SMILES string of the molecule is c1ccc(-n2c3ccccc3c3cc4c(cc32)[nH]c2cccnc24)cc1. The fraction of sp³-hybridized carbons (Fsp3) is 0. The maximum Gasteiger partial charge on any atom is 0.0957 e. The van der Waals surface area contributed by atoms with E-state index in [1.165, 1.54) is 32.9 Å². The highest BCUT2D eigenvalue weighted by Crippen LogP contribution is 2.36. The van der Waals surface area contributed by atoms with Crippen molar-refractivity contribution >= 4 is 43.7 Å². The summed E-state index contributed by atoms with van der Waals surface area (Å²) in [5.74, 6) is 0. The molecule has 0 fully saturated rings. The van der Waals surface area contributed by atoms with Crippen molar-refractivity contribution < 1.29 is 0 Å². The van der Waals surface area contributed by atoms with Crippen molar-refractivity contribution in [3.8, 4) is 5.69 Å². The number of para-hydroxylation sites is 2. The molecule has 3 nitrogen and oxygen atoms in total. The number of nitrogens with zero attached hydrogens (tertiary/aromatic N) is 2. The van der Waals surface area contributed by atoms with Crippen LogP contribution in [-0.2, 0) is 0 Å². The van der Waals surface area contributed by atoms with E-state index in [-0.39, 0.29) is 0 Å². The number of fused-ring (bicyclic) bond motifs is 6. The fourth-order valence-corrected chi connectivity index (χ4v) is 4.04. The monoisotopic (exact) mass is 333 g/mol. The molecular formula is C23H15N3. The summed E-state index contributed by atoms with van der Waals surface area (Å²) >= 11 is 0. The number of hydrogen-bond donors (Lipinski definition) is 1. The quantitative estimate of drug-likeness (QED) is 0.404. The lowest BCUT2D eigenvalue weighted by Gasteiger charge is -2.07. The lowest BCUT2D eigenvalue weighted by atomic mass is 10.1. The van der Waals surface area contributed by atoms with Gasteiger partial charge < -0.3 is 9.55 Å². The van der Waals surface area contributed by atoms with E-state index in [0.29, 0.717) is 0 Å². The first-order valence-corrected chi connectivity index (χ1v) is 8.75. The van der Waals surface area contributed by atoms with E-state index < -0.39 is 0 Å². The number of hydrogen-bond acceptors (Lipinski definition) is 1. The van der Waals surface area contributed by atoms with E-state index in [2.05, 4.69) is 87.3 Å². The molecule has 6 aromatic rings. The highest BCUT2D eigenvalue weighted by Gasteiger charge is 2.14. The van der Waals surface area contributed by atoms with Crippen LogP contribution < -0.4 is 0 Å². The third kappa shape index (κ3) is 1.74. The molecule has 0 aliphatic heterocycles. The standard InChI is InChI=1S/C23H15N3/c1-2-7-15(8-3-1)26-21-11-5-4-9-16(21)17-13-18-20(14-22(17)26)25-19-10-6-12-24-23(18)19/h1-14,25H. The molecule has 0 amide bonds. The molecular weight excluding hydrogens is 318 g/mol. The Morgan fingerprint density at radius 1 is 0.654 bits per heavy atom. The van der Waals surface area contributed by atoms with Crippen LogP contribution in [0.4, 0.5) is 0 Å². The predicted octanol–water partition coefficient (Wildman–Crippen LogP) is 5.81. The summed E-state index contributed by atoms with van der Waals surface area (Å²) in [5.41, 5.74) is 6.82. The topological polar surface area (TPSA) is 33.6 Å². The van der Waals surface area contributed by atoms with Gasteiger partial charge in [-0.1, -0.05) is 36.4 Å². The van der Waals surface area contributed by atoms with Crippen LogP contribution in [0.25, 0.3) is 49.4 Å². The first-order chi connectivity index (χ1) is 12.9. The highest BCUT2D eigenvalue weighted by atomic mass is 15.0. The highest BCUT2D eigenvalue weighted by molar-refractivity contribution is 6.17. The van der Waals surface area contributed by atoms with Crippen molar-refractivity contribution in [1.82, 2.24) is 14.5 Å². The van der Waals surface area contributed by atoms with Crippen LogP contribution in [0.5, 0.6) is 0 Å². The third-order valence-corrected chi connectivity index (χ3v) is 5.16. The van der Waals surface area contributed by atoms with Gasteiger partial charge in [-0.25, -0.2) is 0 Å². The molecule has 0 spiro atoms. The smallest absolute Gasteiger partial charge is 0.0957 e. The number of rotatable bonds is 1. The zero-order chi connectivity index (χ0) is 17.1. The molecule has 3 heterocycles. The van der Waals surface area contributed by atoms with Gasteiger partial charge in [0.25, 0.3) is 0 Å². The first-order valence-electron chi connectivity index (χ1n) is 8.75. The average molecular weight is 333 g/mol. The van der Waals surface area contributed by atoms with Crippen LogP contribution in [-0.4, -0.2) is 14.5 Å². The maximum atomic E-state index is 4.58. The van der Waals surface area contributed by atoms with Gasteiger partial charge in [0.15, 0.2) is 0 Å². The Labute approximate surface area is 149 Å². The van der Waals surface area contributed by atoms with Gasteiger partial charge in [0.2, 0.25) is 0 Å². The van der Waals surface area contributed by atoms with Crippen LogP contribution >= 0.6 is 0 Å². The van der Waals surface area contributed by atoms with Crippen LogP contribution in [0.15, 0.2) is 85.1 Å². The molecule has 3 aromatic heterocycles. The minimum atomic E-state index is 1.03. The molecule has 0 bridgehead atoms. The number of nitrogens with one attached hydrogen (secondary N) is 1. The first kappa shape index (κ1) is 13.7.